The minimum atomic E-state index is -0.388. The number of anilines is 1. The van der Waals surface area contributed by atoms with Crippen LogP contribution in [0.2, 0.25) is 5.02 Å². The van der Waals surface area contributed by atoms with Crippen molar-refractivity contribution in [1.82, 2.24) is 5.32 Å². The number of rotatable bonds is 1. The average molecular weight is 343 g/mol. The third-order valence-corrected chi connectivity index (χ3v) is 4.33. The van der Waals surface area contributed by atoms with Crippen molar-refractivity contribution in [2.75, 3.05) is 5.32 Å². The summed E-state index contributed by atoms with van der Waals surface area (Å²) in [6.45, 7) is 0. The van der Waals surface area contributed by atoms with Gasteiger partial charge in [-0.3, -0.25) is 0 Å². The molecular weight excluding hydrogens is 332 g/mol. The summed E-state index contributed by atoms with van der Waals surface area (Å²) in [6.07, 6.45) is 0. The van der Waals surface area contributed by atoms with Gasteiger partial charge in [0, 0.05) is 10.4 Å². The fourth-order valence-electron chi connectivity index (χ4n) is 2.82. The quantitative estimate of drug-likeness (QED) is 0.520. The first kappa shape index (κ1) is 14.2. The van der Waals surface area contributed by atoms with Crippen LogP contribution in [0.3, 0.4) is 0 Å². The van der Waals surface area contributed by atoms with Crippen molar-refractivity contribution in [2.45, 2.75) is 6.04 Å². The smallest absolute Gasteiger partial charge is 0.344 e. The van der Waals surface area contributed by atoms with Crippen molar-refractivity contribution in [1.29, 1.82) is 0 Å². The number of para-hydroxylation sites is 1. The molecule has 1 aliphatic rings. The molecule has 2 aromatic carbocycles. The second-order valence-electron chi connectivity index (χ2n) is 5.26. The van der Waals surface area contributed by atoms with E-state index in [9.17, 15) is 4.79 Å². The summed E-state index contributed by atoms with van der Waals surface area (Å²) in [5.41, 5.74) is 2.24. The molecule has 1 atom stereocenters. The highest BCUT2D eigenvalue weighted by Crippen LogP contribution is 2.34. The molecule has 1 aliphatic heterocycles. The molecule has 23 heavy (non-hydrogen) atoms. The number of benzene rings is 2. The van der Waals surface area contributed by atoms with Crippen molar-refractivity contribution in [3.63, 3.8) is 0 Å². The molecule has 4 rings (SSSR count). The van der Waals surface area contributed by atoms with Crippen LogP contribution in [0, 0.1) is 0 Å². The van der Waals surface area contributed by atoms with Gasteiger partial charge in [-0.05, 0) is 42.0 Å². The molecule has 2 heterocycles. The molecule has 1 unspecified atom stereocenters. The zero-order chi connectivity index (χ0) is 16.0. The Morgan fingerprint density at radius 1 is 1.09 bits per heavy atom. The molecule has 0 fully saturated rings. The van der Waals surface area contributed by atoms with Crippen molar-refractivity contribution in [3.8, 4) is 0 Å². The van der Waals surface area contributed by atoms with Crippen LogP contribution in [0.25, 0.3) is 11.0 Å². The van der Waals surface area contributed by atoms with Crippen molar-refractivity contribution in [2.24, 2.45) is 0 Å². The van der Waals surface area contributed by atoms with E-state index >= 15 is 0 Å². The summed E-state index contributed by atoms with van der Waals surface area (Å²) in [6, 6.07) is 14.3. The monoisotopic (exact) mass is 342 g/mol. The predicted octanol–water partition coefficient (Wildman–Crippen LogP) is 3.84. The number of thiocarbonyl (C=S) groups is 1. The summed E-state index contributed by atoms with van der Waals surface area (Å²) < 4.78 is 5.47. The highest BCUT2D eigenvalue weighted by atomic mass is 35.5. The third kappa shape index (κ3) is 2.38. The summed E-state index contributed by atoms with van der Waals surface area (Å²) in [7, 11) is 0. The van der Waals surface area contributed by atoms with Gasteiger partial charge in [0.05, 0.1) is 17.3 Å². The van der Waals surface area contributed by atoms with Crippen LogP contribution < -0.4 is 16.3 Å². The molecule has 6 heteroatoms. The van der Waals surface area contributed by atoms with Crippen molar-refractivity contribution in [3.05, 3.63) is 75.1 Å². The van der Waals surface area contributed by atoms with Crippen molar-refractivity contribution < 1.29 is 4.42 Å². The van der Waals surface area contributed by atoms with Gasteiger partial charge in [0.2, 0.25) is 0 Å². The SMILES string of the molecule is O=c1oc2ccccc2c2c1C(c1ccc(Cl)cc1)NC(=S)N2. The van der Waals surface area contributed by atoms with Gasteiger partial charge >= 0.3 is 5.63 Å². The van der Waals surface area contributed by atoms with Gasteiger partial charge in [0.25, 0.3) is 0 Å². The Morgan fingerprint density at radius 3 is 2.61 bits per heavy atom. The molecule has 1 aromatic heterocycles. The van der Waals surface area contributed by atoms with Gasteiger partial charge in [0.1, 0.15) is 5.58 Å². The molecule has 0 saturated heterocycles. The first-order valence-electron chi connectivity index (χ1n) is 7.02. The largest absolute Gasteiger partial charge is 0.422 e. The minimum absolute atomic E-state index is 0.378. The van der Waals surface area contributed by atoms with Gasteiger partial charge in [-0.1, -0.05) is 35.9 Å². The average Bonchev–Trinajstić information content (AvgIpc) is 2.55. The summed E-state index contributed by atoms with van der Waals surface area (Å²) in [5.74, 6) is 0. The van der Waals surface area contributed by atoms with Crippen LogP contribution >= 0.6 is 23.8 Å². The standard InChI is InChI=1S/C17H11ClN2O2S/c18-10-7-5-9(6-8-10)14-13-15(20-17(23)19-14)11-3-1-2-4-12(11)22-16(13)21/h1-8,14H,(H2,19,20,23). The summed E-state index contributed by atoms with van der Waals surface area (Å²) in [5, 5.41) is 8.15. The Labute approximate surface area is 142 Å². The molecular formula is C17H11ClN2O2S. The fourth-order valence-corrected chi connectivity index (χ4v) is 3.17. The lowest BCUT2D eigenvalue weighted by atomic mass is 9.96. The second kappa shape index (κ2) is 5.37. The van der Waals surface area contributed by atoms with Crippen molar-refractivity contribution >= 4 is 45.6 Å². The molecule has 0 saturated carbocycles. The zero-order valence-electron chi connectivity index (χ0n) is 11.8. The van der Waals surface area contributed by atoms with Gasteiger partial charge < -0.3 is 15.1 Å². The maximum atomic E-state index is 12.5. The highest BCUT2D eigenvalue weighted by molar-refractivity contribution is 7.80. The first-order valence-corrected chi connectivity index (χ1v) is 7.81. The topological polar surface area (TPSA) is 54.3 Å². The number of hydrogen-bond acceptors (Lipinski definition) is 3. The number of nitrogens with one attached hydrogen (secondary N) is 2. The Hall–Kier alpha value is -2.37. The number of fused-ring (bicyclic) bond motifs is 3. The zero-order valence-corrected chi connectivity index (χ0v) is 13.4. The van der Waals surface area contributed by atoms with Gasteiger partial charge in [0.15, 0.2) is 5.11 Å². The van der Waals surface area contributed by atoms with Crippen LogP contribution in [-0.2, 0) is 0 Å². The molecule has 0 bridgehead atoms. The lowest BCUT2D eigenvalue weighted by Gasteiger charge is -2.29. The van der Waals surface area contributed by atoms with E-state index < -0.39 is 0 Å². The third-order valence-electron chi connectivity index (χ3n) is 3.85. The van der Waals surface area contributed by atoms with E-state index in [0.29, 0.717) is 27.0 Å². The molecule has 2 N–H and O–H groups in total. The lowest BCUT2D eigenvalue weighted by molar-refractivity contribution is 0.539. The summed E-state index contributed by atoms with van der Waals surface area (Å²) in [4.78, 5) is 12.5. The van der Waals surface area contributed by atoms with E-state index in [1.165, 1.54) is 0 Å². The Kier molecular flexibility index (Phi) is 3.32. The van der Waals surface area contributed by atoms with E-state index in [4.69, 9.17) is 28.2 Å². The van der Waals surface area contributed by atoms with E-state index in [2.05, 4.69) is 10.6 Å². The maximum Gasteiger partial charge on any atom is 0.344 e. The van der Waals surface area contributed by atoms with Crippen LogP contribution in [0.1, 0.15) is 17.2 Å². The first-order chi connectivity index (χ1) is 11.1. The predicted molar refractivity (Wildman–Crippen MR) is 95.1 cm³/mol. The summed E-state index contributed by atoms with van der Waals surface area (Å²) >= 11 is 11.3. The molecule has 0 aliphatic carbocycles. The highest BCUT2D eigenvalue weighted by Gasteiger charge is 2.29. The van der Waals surface area contributed by atoms with Gasteiger partial charge in [-0.2, -0.15) is 0 Å². The second-order valence-corrected chi connectivity index (χ2v) is 6.10. The normalized spacial score (nSPS) is 16.6. The molecule has 3 aromatic rings. The van der Waals surface area contributed by atoms with Crippen LogP contribution in [0.4, 0.5) is 5.69 Å². The van der Waals surface area contributed by atoms with E-state index in [1.54, 1.807) is 18.2 Å². The van der Waals surface area contributed by atoms with Crippen LogP contribution in [0.5, 0.6) is 0 Å². The fraction of sp³-hybridized carbons (Fsp3) is 0.0588. The Morgan fingerprint density at radius 2 is 1.83 bits per heavy atom. The molecule has 0 amide bonds. The number of halogens is 1. The molecule has 0 radical (unpaired) electrons. The Bertz CT molecular complexity index is 982. The lowest BCUT2D eigenvalue weighted by Crippen LogP contribution is -2.40. The van der Waals surface area contributed by atoms with Gasteiger partial charge in [-0.25, -0.2) is 4.79 Å². The van der Waals surface area contributed by atoms with E-state index in [-0.39, 0.29) is 11.7 Å². The molecule has 0 spiro atoms. The van der Waals surface area contributed by atoms with E-state index in [1.807, 2.05) is 30.3 Å². The maximum absolute atomic E-state index is 12.5. The van der Waals surface area contributed by atoms with Gasteiger partial charge in [-0.15, -0.1) is 0 Å². The Balaban J connectivity index is 2.00. The van der Waals surface area contributed by atoms with E-state index in [0.717, 1.165) is 10.9 Å². The molecule has 4 nitrogen and oxygen atoms in total. The van der Waals surface area contributed by atoms with Crippen LogP contribution in [0.15, 0.2) is 57.7 Å². The number of hydrogen-bond donors (Lipinski definition) is 2. The minimum Gasteiger partial charge on any atom is -0.422 e. The molecule has 114 valence electrons. The van der Waals surface area contributed by atoms with Crippen LogP contribution in [-0.4, -0.2) is 5.11 Å².